The molecule has 0 bridgehead atoms. The minimum Gasteiger partial charge on any atom is -0.0639 e. The van der Waals surface area contributed by atoms with Crippen LogP contribution in [0.2, 0.25) is 0 Å². The van der Waals surface area contributed by atoms with Crippen molar-refractivity contribution in [2.75, 3.05) is 0 Å². The van der Waals surface area contributed by atoms with Crippen molar-refractivity contribution in [3.63, 3.8) is 0 Å². The van der Waals surface area contributed by atoms with Crippen LogP contribution in [0.4, 0.5) is 0 Å². The first-order valence-electron chi connectivity index (χ1n) is 19.7. The zero-order valence-corrected chi connectivity index (χ0v) is 32.7. The number of benzene rings is 7. The molecule has 0 fully saturated rings. The van der Waals surface area contributed by atoms with Crippen LogP contribution in [-0.4, -0.2) is 0 Å². The highest BCUT2D eigenvalue weighted by Gasteiger charge is 2.55. The summed E-state index contributed by atoms with van der Waals surface area (Å²) >= 11 is 0. The van der Waals surface area contributed by atoms with E-state index < -0.39 is 5.41 Å². The van der Waals surface area contributed by atoms with Gasteiger partial charge < -0.3 is 0 Å². The van der Waals surface area contributed by atoms with Crippen molar-refractivity contribution in [1.82, 2.24) is 0 Å². The Labute approximate surface area is 322 Å². The Morgan fingerprint density at radius 2 is 0.907 bits per heavy atom. The monoisotopic (exact) mass is 698 g/mol. The Morgan fingerprint density at radius 3 is 1.48 bits per heavy atom. The van der Waals surface area contributed by atoms with Gasteiger partial charge in [-0.25, -0.2) is 0 Å². The summed E-state index contributed by atoms with van der Waals surface area (Å²) in [6.45, 7) is 16.5. The molecular weight excluding hydrogens is 649 g/mol. The van der Waals surface area contributed by atoms with Gasteiger partial charge in [0, 0.05) is 17.3 Å². The molecule has 0 N–H and O–H groups in total. The van der Waals surface area contributed by atoms with Crippen LogP contribution in [0.1, 0.15) is 105 Å². The van der Waals surface area contributed by atoms with Crippen LogP contribution in [0.5, 0.6) is 0 Å². The lowest BCUT2D eigenvalue weighted by Crippen LogP contribution is -2.41. The normalized spacial score (nSPS) is 15.5. The average Bonchev–Trinajstić information content (AvgIpc) is 3.69. The van der Waals surface area contributed by atoms with E-state index in [0.717, 1.165) is 0 Å². The summed E-state index contributed by atoms with van der Waals surface area (Å²) in [5.41, 5.74) is 17.3. The SMILES string of the molecule is CC1=Cc2cccc(-c3cccc4ccccc34)c2C1C(c1ccccc1)(c1ccccc1)C1c2cc(C(C)(C)C)ccc2-c2ccc(C(C)(C)C)cc21. The lowest BCUT2D eigenvalue weighted by Gasteiger charge is -2.48. The van der Waals surface area contributed by atoms with Crippen LogP contribution in [0.3, 0.4) is 0 Å². The van der Waals surface area contributed by atoms with Crippen molar-refractivity contribution in [1.29, 1.82) is 0 Å². The van der Waals surface area contributed by atoms with E-state index in [1.54, 1.807) is 0 Å². The molecule has 0 spiro atoms. The van der Waals surface area contributed by atoms with Crippen molar-refractivity contribution in [2.45, 2.75) is 76.5 Å². The van der Waals surface area contributed by atoms with Gasteiger partial charge in [0.2, 0.25) is 0 Å². The molecule has 0 nitrogen and oxygen atoms in total. The minimum absolute atomic E-state index is 0.00436. The van der Waals surface area contributed by atoms with Crippen LogP contribution < -0.4 is 0 Å². The Balaban J connectivity index is 1.45. The molecule has 266 valence electrons. The maximum Gasteiger partial charge on any atom is 0.0418 e. The predicted octanol–water partition coefficient (Wildman–Crippen LogP) is 14.4. The van der Waals surface area contributed by atoms with Gasteiger partial charge in [0.1, 0.15) is 0 Å². The minimum atomic E-state index is -0.498. The van der Waals surface area contributed by atoms with Gasteiger partial charge in [-0.2, -0.15) is 0 Å². The summed E-state index contributed by atoms with van der Waals surface area (Å²) < 4.78 is 0. The van der Waals surface area contributed by atoms with E-state index in [1.165, 1.54) is 83.1 Å². The molecule has 2 aliphatic carbocycles. The summed E-state index contributed by atoms with van der Waals surface area (Å²) in [6, 6.07) is 60.5. The van der Waals surface area contributed by atoms with E-state index in [4.69, 9.17) is 0 Å². The predicted molar refractivity (Wildman–Crippen MR) is 231 cm³/mol. The highest BCUT2D eigenvalue weighted by Crippen LogP contribution is 2.65. The average molecular weight is 699 g/mol. The highest BCUT2D eigenvalue weighted by molar-refractivity contribution is 5.99. The molecule has 0 radical (unpaired) electrons. The van der Waals surface area contributed by atoms with Gasteiger partial charge in [-0.05, 0) is 95.3 Å². The molecule has 0 aliphatic heterocycles. The Kier molecular flexibility index (Phi) is 7.98. The summed E-state index contributed by atoms with van der Waals surface area (Å²) in [7, 11) is 0. The molecule has 1 unspecified atom stereocenters. The van der Waals surface area contributed by atoms with E-state index in [2.05, 4.69) is 212 Å². The van der Waals surface area contributed by atoms with E-state index in [0.29, 0.717) is 0 Å². The summed E-state index contributed by atoms with van der Waals surface area (Å²) in [4.78, 5) is 0. The first-order valence-corrected chi connectivity index (χ1v) is 19.7. The molecule has 2 aliphatic rings. The van der Waals surface area contributed by atoms with Crippen molar-refractivity contribution in [3.05, 3.63) is 208 Å². The van der Waals surface area contributed by atoms with Crippen molar-refractivity contribution in [3.8, 4) is 22.3 Å². The third-order valence-corrected chi connectivity index (χ3v) is 12.5. The largest absolute Gasteiger partial charge is 0.0639 e. The molecule has 0 heterocycles. The molecule has 0 amide bonds. The second-order valence-corrected chi connectivity index (χ2v) is 17.8. The second-order valence-electron chi connectivity index (χ2n) is 17.8. The molecular formula is C54H50. The maximum absolute atomic E-state index is 2.57. The van der Waals surface area contributed by atoms with E-state index in [-0.39, 0.29) is 22.7 Å². The van der Waals surface area contributed by atoms with Crippen LogP contribution in [0, 0.1) is 0 Å². The fourth-order valence-corrected chi connectivity index (χ4v) is 9.98. The fraction of sp³-hybridized carbons (Fsp3) is 0.222. The van der Waals surface area contributed by atoms with E-state index in [1.807, 2.05) is 0 Å². The van der Waals surface area contributed by atoms with Gasteiger partial charge in [-0.1, -0.05) is 211 Å². The molecule has 0 saturated heterocycles. The molecule has 7 aromatic rings. The van der Waals surface area contributed by atoms with Crippen LogP contribution >= 0.6 is 0 Å². The highest BCUT2D eigenvalue weighted by atomic mass is 14.6. The molecule has 9 rings (SSSR count). The van der Waals surface area contributed by atoms with Crippen molar-refractivity contribution in [2.24, 2.45) is 0 Å². The molecule has 0 aromatic heterocycles. The topological polar surface area (TPSA) is 0 Å². The number of hydrogen-bond acceptors (Lipinski definition) is 0. The summed E-state index contributed by atoms with van der Waals surface area (Å²) in [6.07, 6.45) is 2.49. The summed E-state index contributed by atoms with van der Waals surface area (Å²) in [5.74, 6) is 0.0876. The summed E-state index contributed by atoms with van der Waals surface area (Å²) in [5, 5.41) is 2.57. The number of hydrogen-bond donors (Lipinski definition) is 0. The number of allylic oxidation sites excluding steroid dienone is 1. The van der Waals surface area contributed by atoms with Crippen molar-refractivity contribution >= 4 is 16.8 Å². The number of fused-ring (bicyclic) bond motifs is 5. The molecule has 54 heavy (non-hydrogen) atoms. The van der Waals surface area contributed by atoms with E-state index >= 15 is 0 Å². The Hall–Kier alpha value is -5.46. The zero-order valence-electron chi connectivity index (χ0n) is 32.7. The fourth-order valence-electron chi connectivity index (χ4n) is 9.98. The second kappa shape index (κ2) is 12.6. The molecule has 0 saturated carbocycles. The maximum atomic E-state index is 2.57. The smallest absolute Gasteiger partial charge is 0.0418 e. The van der Waals surface area contributed by atoms with Gasteiger partial charge in [0.05, 0.1) is 0 Å². The molecule has 1 atom stereocenters. The van der Waals surface area contributed by atoms with Crippen LogP contribution in [0.15, 0.2) is 163 Å². The van der Waals surface area contributed by atoms with Gasteiger partial charge >= 0.3 is 0 Å². The zero-order chi connectivity index (χ0) is 37.4. The molecule has 0 heteroatoms. The lowest BCUT2D eigenvalue weighted by molar-refractivity contribution is 0.405. The third-order valence-electron chi connectivity index (χ3n) is 12.5. The van der Waals surface area contributed by atoms with Gasteiger partial charge in [-0.15, -0.1) is 0 Å². The third kappa shape index (κ3) is 5.25. The van der Waals surface area contributed by atoms with Crippen LogP contribution in [-0.2, 0) is 16.2 Å². The first-order chi connectivity index (χ1) is 26.0. The standard InChI is InChI=1S/C54H50/c1-35-32-37-20-17-27-46(43-26-16-19-36-18-14-15-25-42(36)43)49(37)50(35)54(38-21-10-8-11-22-38,39-23-12-9-13-24-39)51-47-33-40(52(2,3)4)28-30-44(47)45-31-29-41(34-48(45)51)53(5,6)7/h8-34,50-51H,1-7H3. The van der Waals surface area contributed by atoms with Crippen molar-refractivity contribution < 1.29 is 0 Å². The quantitative estimate of drug-likeness (QED) is 0.168. The van der Waals surface area contributed by atoms with Gasteiger partial charge in [0.25, 0.3) is 0 Å². The first kappa shape index (κ1) is 34.3. The van der Waals surface area contributed by atoms with E-state index in [9.17, 15) is 0 Å². The van der Waals surface area contributed by atoms with Gasteiger partial charge in [0.15, 0.2) is 0 Å². The number of rotatable bonds is 5. The Bertz CT molecular complexity index is 2460. The van der Waals surface area contributed by atoms with Crippen LogP contribution in [0.25, 0.3) is 39.1 Å². The Morgan fingerprint density at radius 1 is 0.407 bits per heavy atom. The molecule has 7 aromatic carbocycles. The van der Waals surface area contributed by atoms with Gasteiger partial charge in [-0.3, -0.25) is 0 Å². The lowest BCUT2D eigenvalue weighted by atomic mass is 9.53.